The van der Waals surface area contributed by atoms with Gasteiger partial charge in [0.25, 0.3) is 0 Å². The first-order valence-electron chi connectivity index (χ1n) is 3.91. The minimum atomic E-state index is 0.156. The fourth-order valence-electron chi connectivity index (χ4n) is 1.46. The van der Waals surface area contributed by atoms with Crippen LogP contribution in [0.1, 0.15) is 27.7 Å². The van der Waals surface area contributed by atoms with Gasteiger partial charge in [-0.15, -0.1) is 0 Å². The summed E-state index contributed by atoms with van der Waals surface area (Å²) in [6, 6.07) is 0. The average Bonchev–Trinajstić information content (AvgIpc) is 1.94. The zero-order valence-electron chi connectivity index (χ0n) is 7.90. The van der Waals surface area contributed by atoms with Gasteiger partial charge in [-0.3, -0.25) is 4.90 Å². The summed E-state index contributed by atoms with van der Waals surface area (Å²) in [6.07, 6.45) is 2.27. The van der Waals surface area contributed by atoms with Crippen LogP contribution in [0.3, 0.4) is 0 Å². The van der Waals surface area contributed by atoms with Gasteiger partial charge in [0.2, 0.25) is 0 Å². The van der Waals surface area contributed by atoms with Crippen molar-refractivity contribution in [1.29, 1.82) is 0 Å². The summed E-state index contributed by atoms with van der Waals surface area (Å²) in [5.41, 5.74) is 0.339. The maximum absolute atomic E-state index is 3.60. The number of likely N-dealkylation sites (N-methyl/N-ethyl adjacent to an activating group) is 1. The van der Waals surface area contributed by atoms with E-state index in [9.17, 15) is 0 Å². The quantitative estimate of drug-likeness (QED) is 0.604. The lowest BCUT2D eigenvalue weighted by atomic mass is 10.0. The van der Waals surface area contributed by atoms with E-state index >= 15 is 0 Å². The molecule has 1 aliphatic rings. The second-order valence-corrected chi connectivity index (χ2v) is 5.12. The summed E-state index contributed by atoms with van der Waals surface area (Å²) in [6.45, 7) is 8.90. The molecule has 0 amide bonds. The van der Waals surface area contributed by atoms with Gasteiger partial charge in [0, 0.05) is 15.6 Å². The normalized spacial score (nSPS) is 28.7. The second kappa shape index (κ2) is 2.33. The number of hydrogen-bond donors (Lipinski definition) is 0. The molecule has 1 rings (SSSR count). The molecule has 0 saturated heterocycles. The minimum absolute atomic E-state index is 0.156. The van der Waals surface area contributed by atoms with Gasteiger partial charge >= 0.3 is 0 Å². The number of rotatable bonds is 0. The van der Waals surface area contributed by atoms with Gasteiger partial charge in [0.1, 0.15) is 0 Å². The molecule has 64 valence electrons. The highest BCUT2D eigenvalue weighted by atomic mass is 79.9. The van der Waals surface area contributed by atoms with Crippen LogP contribution in [-0.4, -0.2) is 23.0 Å². The third-order valence-electron chi connectivity index (χ3n) is 2.77. The van der Waals surface area contributed by atoms with Crippen LogP contribution in [0.2, 0.25) is 0 Å². The molecule has 2 heteroatoms. The van der Waals surface area contributed by atoms with Crippen molar-refractivity contribution < 1.29 is 0 Å². The molecule has 0 aromatic heterocycles. The van der Waals surface area contributed by atoms with Crippen molar-refractivity contribution in [3.8, 4) is 0 Å². The van der Waals surface area contributed by atoms with E-state index in [1.54, 1.807) is 0 Å². The predicted molar refractivity (Wildman–Crippen MR) is 52.9 cm³/mol. The lowest BCUT2D eigenvalue weighted by molar-refractivity contribution is 0.133. The van der Waals surface area contributed by atoms with E-state index in [0.29, 0.717) is 0 Å². The first kappa shape index (κ1) is 9.27. The largest absolute Gasteiger partial charge is 0.288 e. The highest BCUT2D eigenvalue weighted by Crippen LogP contribution is 2.40. The summed E-state index contributed by atoms with van der Waals surface area (Å²) < 4.78 is 1.29. The van der Waals surface area contributed by atoms with Crippen molar-refractivity contribution in [1.82, 2.24) is 4.90 Å². The van der Waals surface area contributed by atoms with Crippen molar-refractivity contribution in [3.05, 3.63) is 10.6 Å². The van der Waals surface area contributed by atoms with Gasteiger partial charge in [0.05, 0.1) is 0 Å². The molecule has 0 unspecified atom stereocenters. The number of nitrogens with zero attached hydrogens (tertiary/aromatic N) is 1. The lowest BCUT2D eigenvalue weighted by Crippen LogP contribution is -2.46. The standard InChI is InChI=1S/C9H16BrN/c1-8(2)6-7(10)9(3,4)11(8)5/h6H,1-5H3. The Balaban J connectivity index is 3.04. The van der Waals surface area contributed by atoms with E-state index < -0.39 is 0 Å². The van der Waals surface area contributed by atoms with Gasteiger partial charge in [-0.25, -0.2) is 0 Å². The Bertz CT molecular complexity index is 204. The molecule has 0 aromatic carbocycles. The molecule has 0 atom stereocenters. The summed E-state index contributed by atoms with van der Waals surface area (Å²) in [5.74, 6) is 0. The average molecular weight is 218 g/mol. The van der Waals surface area contributed by atoms with Crippen molar-refractivity contribution in [2.24, 2.45) is 0 Å². The molecular weight excluding hydrogens is 202 g/mol. The molecule has 0 aromatic rings. The molecule has 1 aliphatic heterocycles. The van der Waals surface area contributed by atoms with Gasteiger partial charge in [0.15, 0.2) is 0 Å². The molecule has 0 fully saturated rings. The Labute approximate surface area is 77.6 Å². The van der Waals surface area contributed by atoms with Crippen LogP contribution < -0.4 is 0 Å². The van der Waals surface area contributed by atoms with Crippen molar-refractivity contribution in [2.75, 3.05) is 7.05 Å². The highest BCUT2D eigenvalue weighted by molar-refractivity contribution is 9.11. The molecule has 0 saturated carbocycles. The zero-order valence-corrected chi connectivity index (χ0v) is 9.49. The molecular formula is C9H16BrN. The minimum Gasteiger partial charge on any atom is -0.288 e. The number of halogens is 1. The van der Waals surface area contributed by atoms with Crippen LogP contribution >= 0.6 is 15.9 Å². The Morgan fingerprint density at radius 3 is 1.82 bits per heavy atom. The third kappa shape index (κ3) is 1.27. The van der Waals surface area contributed by atoms with E-state index in [1.807, 2.05) is 0 Å². The first-order valence-corrected chi connectivity index (χ1v) is 4.70. The Morgan fingerprint density at radius 2 is 1.73 bits per heavy atom. The van der Waals surface area contributed by atoms with Crippen LogP contribution in [0.15, 0.2) is 10.6 Å². The van der Waals surface area contributed by atoms with E-state index in [-0.39, 0.29) is 11.1 Å². The van der Waals surface area contributed by atoms with Crippen LogP contribution in [0.25, 0.3) is 0 Å². The molecule has 0 N–H and O–H groups in total. The molecule has 1 nitrogen and oxygen atoms in total. The fourth-order valence-corrected chi connectivity index (χ4v) is 2.29. The molecule has 0 spiro atoms. The van der Waals surface area contributed by atoms with Gasteiger partial charge in [-0.05, 0) is 34.7 Å². The van der Waals surface area contributed by atoms with Crippen molar-refractivity contribution in [2.45, 2.75) is 38.8 Å². The maximum Gasteiger partial charge on any atom is 0.0472 e. The SMILES string of the molecule is CN1C(C)(C)C=C(Br)C1(C)C. The van der Waals surface area contributed by atoms with Crippen molar-refractivity contribution in [3.63, 3.8) is 0 Å². The molecule has 0 bridgehead atoms. The maximum atomic E-state index is 3.60. The topological polar surface area (TPSA) is 3.24 Å². The highest BCUT2D eigenvalue weighted by Gasteiger charge is 2.41. The van der Waals surface area contributed by atoms with Crippen molar-refractivity contribution >= 4 is 15.9 Å². The Kier molecular flexibility index (Phi) is 1.97. The second-order valence-electron chi connectivity index (χ2n) is 4.26. The van der Waals surface area contributed by atoms with Crippen LogP contribution in [0.5, 0.6) is 0 Å². The van der Waals surface area contributed by atoms with Crippen LogP contribution in [0, 0.1) is 0 Å². The van der Waals surface area contributed by atoms with E-state index in [4.69, 9.17) is 0 Å². The Hall–Kier alpha value is 0.180. The number of hydrogen-bond acceptors (Lipinski definition) is 1. The van der Waals surface area contributed by atoms with Crippen LogP contribution in [-0.2, 0) is 0 Å². The van der Waals surface area contributed by atoms with E-state index in [0.717, 1.165) is 0 Å². The molecule has 11 heavy (non-hydrogen) atoms. The van der Waals surface area contributed by atoms with E-state index in [2.05, 4.69) is 61.6 Å². The van der Waals surface area contributed by atoms with Gasteiger partial charge in [-0.2, -0.15) is 0 Å². The first-order chi connectivity index (χ1) is 4.78. The Morgan fingerprint density at radius 1 is 1.27 bits per heavy atom. The third-order valence-corrected chi connectivity index (χ3v) is 3.97. The zero-order chi connectivity index (χ0) is 8.86. The molecule has 0 radical (unpaired) electrons. The molecule has 1 heterocycles. The monoisotopic (exact) mass is 217 g/mol. The summed E-state index contributed by atoms with van der Waals surface area (Å²) in [5, 5.41) is 0. The van der Waals surface area contributed by atoms with Crippen LogP contribution in [0.4, 0.5) is 0 Å². The summed E-state index contributed by atoms with van der Waals surface area (Å²) in [7, 11) is 2.16. The summed E-state index contributed by atoms with van der Waals surface area (Å²) in [4.78, 5) is 2.37. The van der Waals surface area contributed by atoms with Gasteiger partial charge in [-0.1, -0.05) is 22.0 Å². The summed E-state index contributed by atoms with van der Waals surface area (Å²) >= 11 is 3.60. The lowest BCUT2D eigenvalue weighted by Gasteiger charge is -2.37. The predicted octanol–water partition coefficient (Wildman–Crippen LogP) is 2.77. The molecule has 0 aliphatic carbocycles. The fraction of sp³-hybridized carbons (Fsp3) is 0.778. The van der Waals surface area contributed by atoms with Gasteiger partial charge < -0.3 is 0 Å². The van der Waals surface area contributed by atoms with E-state index in [1.165, 1.54) is 4.48 Å². The smallest absolute Gasteiger partial charge is 0.0472 e.